The summed E-state index contributed by atoms with van der Waals surface area (Å²) in [6.07, 6.45) is 1.54. The Labute approximate surface area is 163 Å². The Morgan fingerprint density at radius 2 is 2.19 bits per heavy atom. The van der Waals surface area contributed by atoms with Crippen molar-refractivity contribution in [1.29, 1.82) is 5.26 Å². The monoisotopic (exact) mass is 390 g/mol. The third-order valence-corrected chi connectivity index (χ3v) is 5.18. The number of ether oxygens (including phenoxy) is 1. The number of halogens is 1. The third-order valence-electron chi connectivity index (χ3n) is 5.03. The lowest BCUT2D eigenvalue weighted by Gasteiger charge is -2.33. The van der Waals surface area contributed by atoms with E-state index in [1.54, 1.807) is 19.1 Å². The van der Waals surface area contributed by atoms with Gasteiger partial charge in [-0.15, -0.1) is 0 Å². The molecule has 0 radical (unpaired) electrons. The zero-order valence-corrected chi connectivity index (χ0v) is 16.1. The number of nitriles is 1. The van der Waals surface area contributed by atoms with Gasteiger partial charge < -0.3 is 15.0 Å². The summed E-state index contributed by atoms with van der Waals surface area (Å²) in [7, 11) is 0. The highest BCUT2D eigenvalue weighted by Crippen LogP contribution is 2.31. The predicted octanol–water partition coefficient (Wildman–Crippen LogP) is 3.22. The molecule has 2 aliphatic heterocycles. The summed E-state index contributed by atoms with van der Waals surface area (Å²) in [5.74, 6) is 0.0462. The van der Waals surface area contributed by atoms with Gasteiger partial charge in [0.2, 0.25) is 0 Å². The molecule has 2 fully saturated rings. The van der Waals surface area contributed by atoms with Crippen molar-refractivity contribution >= 4 is 34.7 Å². The molecule has 1 amide bonds. The van der Waals surface area contributed by atoms with Crippen LogP contribution >= 0.6 is 12.2 Å². The molecule has 0 aliphatic carbocycles. The Balaban J connectivity index is 1.64. The van der Waals surface area contributed by atoms with Crippen LogP contribution in [0.1, 0.15) is 26.2 Å². The first-order valence-electron chi connectivity index (χ1n) is 9.12. The van der Waals surface area contributed by atoms with E-state index in [1.165, 1.54) is 11.0 Å². The summed E-state index contributed by atoms with van der Waals surface area (Å²) >= 11 is 4.96. The predicted molar refractivity (Wildman–Crippen MR) is 105 cm³/mol. The van der Waals surface area contributed by atoms with E-state index < -0.39 is 6.09 Å². The molecule has 1 N–H and O–H groups in total. The standard InChI is InChI=1S/C19H23FN4O2S/c1-13(27)22-11-16-12-24(19(25)26-16)15-2-3-18(17(20)10-15)23-8-5-14(4-7-21)6-9-23/h2-3,10,14,16H,4-6,8-9,11-12H2,1H3,(H,22,27). The smallest absolute Gasteiger partial charge is 0.414 e. The number of piperidine rings is 1. The highest BCUT2D eigenvalue weighted by molar-refractivity contribution is 7.80. The van der Waals surface area contributed by atoms with Gasteiger partial charge in [-0.25, -0.2) is 9.18 Å². The van der Waals surface area contributed by atoms with E-state index >= 15 is 0 Å². The zero-order chi connectivity index (χ0) is 19.4. The summed E-state index contributed by atoms with van der Waals surface area (Å²) in [5, 5.41) is 11.8. The lowest BCUT2D eigenvalue weighted by molar-refractivity contribution is 0.143. The van der Waals surface area contributed by atoms with Crippen molar-refractivity contribution in [3.8, 4) is 6.07 Å². The first kappa shape index (κ1) is 19.4. The Bertz CT molecular complexity index is 759. The van der Waals surface area contributed by atoms with Crippen molar-refractivity contribution in [2.45, 2.75) is 32.3 Å². The van der Waals surface area contributed by atoms with Gasteiger partial charge in [0.25, 0.3) is 0 Å². The lowest BCUT2D eigenvalue weighted by Crippen LogP contribution is -2.34. The van der Waals surface area contributed by atoms with Gasteiger partial charge in [0.1, 0.15) is 11.9 Å². The van der Waals surface area contributed by atoms with Crippen molar-refractivity contribution in [2.24, 2.45) is 5.92 Å². The van der Waals surface area contributed by atoms with Crippen LogP contribution in [0.4, 0.5) is 20.6 Å². The van der Waals surface area contributed by atoms with Crippen LogP contribution < -0.4 is 15.1 Å². The van der Waals surface area contributed by atoms with Gasteiger partial charge >= 0.3 is 6.09 Å². The van der Waals surface area contributed by atoms with Gasteiger partial charge in [0.05, 0.1) is 35.5 Å². The molecule has 27 heavy (non-hydrogen) atoms. The van der Waals surface area contributed by atoms with E-state index in [4.69, 9.17) is 22.2 Å². The number of carbonyl (C=O) groups is 1. The number of cyclic esters (lactones) is 1. The fraction of sp³-hybridized carbons (Fsp3) is 0.526. The highest BCUT2D eigenvalue weighted by atomic mass is 32.1. The summed E-state index contributed by atoms with van der Waals surface area (Å²) in [6, 6.07) is 7.07. The quantitative estimate of drug-likeness (QED) is 0.779. The van der Waals surface area contributed by atoms with Crippen LogP contribution in [0, 0.1) is 23.1 Å². The Kier molecular flexibility index (Phi) is 6.11. The fourth-order valence-corrected chi connectivity index (χ4v) is 3.61. The van der Waals surface area contributed by atoms with Crippen LogP contribution in [0.3, 0.4) is 0 Å². The second-order valence-corrected chi connectivity index (χ2v) is 7.59. The number of amides is 1. The summed E-state index contributed by atoms with van der Waals surface area (Å²) in [5.41, 5.74) is 1.03. The number of benzene rings is 1. The fourth-order valence-electron chi connectivity index (χ4n) is 3.52. The molecule has 1 unspecified atom stereocenters. The van der Waals surface area contributed by atoms with E-state index in [2.05, 4.69) is 11.4 Å². The Morgan fingerprint density at radius 3 is 2.81 bits per heavy atom. The molecule has 0 bridgehead atoms. The zero-order valence-electron chi connectivity index (χ0n) is 15.3. The molecule has 1 aromatic carbocycles. The molecule has 1 aromatic rings. The molecule has 144 valence electrons. The minimum atomic E-state index is -0.478. The number of thiocarbonyl (C=S) groups is 1. The Morgan fingerprint density at radius 1 is 1.44 bits per heavy atom. The largest absolute Gasteiger partial charge is 0.442 e. The first-order chi connectivity index (χ1) is 13.0. The van der Waals surface area contributed by atoms with E-state index in [0.717, 1.165) is 25.9 Å². The summed E-state index contributed by atoms with van der Waals surface area (Å²) in [6.45, 7) is 4.03. The maximum absolute atomic E-state index is 14.7. The molecule has 0 spiro atoms. The van der Waals surface area contributed by atoms with Crippen molar-refractivity contribution < 1.29 is 13.9 Å². The second-order valence-electron chi connectivity index (χ2n) is 6.98. The van der Waals surface area contributed by atoms with Crippen LogP contribution in [0.25, 0.3) is 0 Å². The number of hydrogen-bond acceptors (Lipinski definition) is 5. The topological polar surface area (TPSA) is 68.6 Å². The molecule has 1 atom stereocenters. The molecule has 2 heterocycles. The number of rotatable bonds is 5. The average Bonchev–Trinajstić information content (AvgIpc) is 3.02. The van der Waals surface area contributed by atoms with Crippen LogP contribution in [0.15, 0.2) is 18.2 Å². The molecule has 2 aliphatic rings. The van der Waals surface area contributed by atoms with Crippen molar-refractivity contribution in [2.75, 3.05) is 36.0 Å². The minimum Gasteiger partial charge on any atom is -0.442 e. The number of carbonyl (C=O) groups excluding carboxylic acids is 1. The first-order valence-corrected chi connectivity index (χ1v) is 9.52. The minimum absolute atomic E-state index is 0.322. The molecule has 0 saturated carbocycles. The molecule has 2 saturated heterocycles. The van der Waals surface area contributed by atoms with Gasteiger partial charge in [-0.1, -0.05) is 12.2 Å². The number of anilines is 2. The molecular formula is C19H23FN4O2S. The molecule has 6 nitrogen and oxygen atoms in total. The Hall–Kier alpha value is -2.40. The molecular weight excluding hydrogens is 367 g/mol. The van der Waals surface area contributed by atoms with Crippen LogP contribution in [0.2, 0.25) is 0 Å². The summed E-state index contributed by atoms with van der Waals surface area (Å²) in [4.78, 5) is 16.2. The SMILES string of the molecule is CC(=S)NCC1CN(c2ccc(N3CCC(CC#N)CC3)c(F)c2)C(=O)O1. The molecule has 3 rings (SSSR count). The van der Waals surface area contributed by atoms with Crippen molar-refractivity contribution in [1.82, 2.24) is 5.32 Å². The number of nitrogens with one attached hydrogen (secondary N) is 1. The van der Waals surface area contributed by atoms with Crippen molar-refractivity contribution in [3.63, 3.8) is 0 Å². The average molecular weight is 390 g/mol. The van der Waals surface area contributed by atoms with E-state index in [0.29, 0.717) is 41.8 Å². The number of nitrogens with zero attached hydrogens (tertiary/aromatic N) is 3. The maximum atomic E-state index is 14.7. The van der Waals surface area contributed by atoms with E-state index in [9.17, 15) is 9.18 Å². The van der Waals surface area contributed by atoms with Gasteiger partial charge in [-0.05, 0) is 43.9 Å². The van der Waals surface area contributed by atoms with Gasteiger partial charge in [-0.2, -0.15) is 5.26 Å². The normalized spacial score (nSPS) is 20.3. The molecule has 0 aromatic heterocycles. The van der Waals surface area contributed by atoms with E-state index in [1.807, 2.05) is 4.90 Å². The van der Waals surface area contributed by atoms with Crippen LogP contribution in [0.5, 0.6) is 0 Å². The van der Waals surface area contributed by atoms with Crippen LogP contribution in [-0.2, 0) is 4.74 Å². The van der Waals surface area contributed by atoms with Gasteiger partial charge in [-0.3, -0.25) is 4.90 Å². The highest BCUT2D eigenvalue weighted by Gasteiger charge is 2.33. The van der Waals surface area contributed by atoms with E-state index in [-0.39, 0.29) is 11.9 Å². The van der Waals surface area contributed by atoms with Crippen molar-refractivity contribution in [3.05, 3.63) is 24.0 Å². The van der Waals surface area contributed by atoms with Gasteiger partial charge in [0, 0.05) is 19.5 Å². The summed E-state index contributed by atoms with van der Waals surface area (Å²) < 4.78 is 20.0. The second kappa shape index (κ2) is 8.53. The van der Waals surface area contributed by atoms with Crippen LogP contribution in [-0.4, -0.2) is 43.4 Å². The van der Waals surface area contributed by atoms with Gasteiger partial charge in [0.15, 0.2) is 0 Å². The number of hydrogen-bond donors (Lipinski definition) is 1. The maximum Gasteiger partial charge on any atom is 0.414 e. The molecule has 8 heteroatoms. The third kappa shape index (κ3) is 4.66. The lowest BCUT2D eigenvalue weighted by atomic mass is 9.94.